The average Bonchev–Trinajstić information content (AvgIpc) is 3.81. The molecule has 1 heterocycles. The molecule has 67 heavy (non-hydrogen) atoms. The zero-order chi connectivity index (χ0) is 44.4. The Balaban J connectivity index is 0.910. The molecule has 4 bridgehead atoms. The SMILES string of the molecule is CC1(C)c2ccccc2-c2cccc(-c3cccc4c3C3(c5ccc(-c6nc(-c7ccccc7)nc(-c7ccc(-c8ccc(-c9ccccc9)cc8)cc7)n6)cc5-4)C4CC5CC(C4)CC3C5)c21. The van der Waals surface area contributed by atoms with Crippen LogP contribution in [-0.2, 0) is 10.8 Å². The van der Waals surface area contributed by atoms with Gasteiger partial charge in [-0.2, -0.15) is 0 Å². The molecule has 0 N–H and O–H groups in total. The van der Waals surface area contributed by atoms with Crippen LogP contribution in [0.2, 0.25) is 0 Å². The van der Waals surface area contributed by atoms with Crippen molar-refractivity contribution >= 4 is 0 Å². The van der Waals surface area contributed by atoms with Gasteiger partial charge in [0.2, 0.25) is 0 Å². The van der Waals surface area contributed by atoms with Crippen LogP contribution in [0.1, 0.15) is 68.2 Å². The molecule has 0 aliphatic heterocycles. The topological polar surface area (TPSA) is 38.7 Å². The van der Waals surface area contributed by atoms with Crippen molar-refractivity contribution in [2.75, 3.05) is 0 Å². The molecule has 8 aromatic carbocycles. The van der Waals surface area contributed by atoms with Crippen LogP contribution in [-0.4, -0.2) is 15.0 Å². The lowest BCUT2D eigenvalue weighted by Crippen LogP contribution is -2.55. The first-order valence-electron chi connectivity index (χ1n) is 24.5. The van der Waals surface area contributed by atoms with Gasteiger partial charge in [0.05, 0.1) is 0 Å². The van der Waals surface area contributed by atoms with Crippen molar-refractivity contribution < 1.29 is 0 Å². The molecule has 322 valence electrons. The van der Waals surface area contributed by atoms with E-state index in [1.807, 2.05) is 6.07 Å². The second-order valence-electron chi connectivity index (χ2n) is 20.8. The van der Waals surface area contributed by atoms with Crippen molar-refractivity contribution in [1.82, 2.24) is 15.0 Å². The summed E-state index contributed by atoms with van der Waals surface area (Å²) < 4.78 is 0. The minimum Gasteiger partial charge on any atom is -0.208 e. The van der Waals surface area contributed by atoms with Gasteiger partial charge in [0.1, 0.15) is 0 Å². The number of fused-ring (bicyclic) bond motifs is 6. The number of benzene rings is 8. The maximum Gasteiger partial charge on any atom is 0.164 e. The van der Waals surface area contributed by atoms with E-state index < -0.39 is 0 Å². The fourth-order valence-electron chi connectivity index (χ4n) is 14.3. The molecule has 0 atom stereocenters. The number of aromatic nitrogens is 3. The quantitative estimate of drug-likeness (QED) is 0.167. The van der Waals surface area contributed by atoms with E-state index in [-0.39, 0.29) is 10.8 Å². The third-order valence-corrected chi connectivity index (χ3v) is 16.9. The fourth-order valence-corrected chi connectivity index (χ4v) is 14.3. The molecule has 1 aromatic heterocycles. The van der Waals surface area contributed by atoms with Gasteiger partial charge in [-0.15, -0.1) is 0 Å². The average molecular weight is 862 g/mol. The van der Waals surface area contributed by atoms with Crippen LogP contribution in [0.15, 0.2) is 188 Å². The molecule has 0 radical (unpaired) electrons. The minimum absolute atomic E-state index is 0.0192. The van der Waals surface area contributed by atoms with E-state index in [0.29, 0.717) is 29.3 Å². The monoisotopic (exact) mass is 861 g/mol. The highest BCUT2D eigenvalue weighted by Crippen LogP contribution is 2.71. The molecule has 1 spiro atoms. The predicted octanol–water partition coefficient (Wildman–Crippen LogP) is 15.9. The summed E-state index contributed by atoms with van der Waals surface area (Å²) in [4.78, 5) is 15.7. The first-order valence-corrected chi connectivity index (χ1v) is 24.5. The molecule has 15 rings (SSSR count). The van der Waals surface area contributed by atoms with Crippen molar-refractivity contribution in [2.24, 2.45) is 23.7 Å². The van der Waals surface area contributed by atoms with Crippen molar-refractivity contribution in [1.29, 1.82) is 0 Å². The summed E-state index contributed by atoms with van der Waals surface area (Å²) in [6.07, 6.45) is 6.77. The van der Waals surface area contributed by atoms with Gasteiger partial charge in [0.15, 0.2) is 17.5 Å². The second-order valence-corrected chi connectivity index (χ2v) is 20.8. The first kappa shape index (κ1) is 39.0. The maximum atomic E-state index is 5.32. The van der Waals surface area contributed by atoms with Gasteiger partial charge in [-0.3, -0.25) is 0 Å². The summed E-state index contributed by atoms with van der Waals surface area (Å²) >= 11 is 0. The van der Waals surface area contributed by atoms with Crippen LogP contribution in [0.25, 0.3) is 89.8 Å². The molecule has 0 saturated heterocycles. The molecule has 6 aliphatic carbocycles. The summed E-state index contributed by atoms with van der Waals surface area (Å²) in [6, 6.07) is 69.2. The Labute approximate surface area is 393 Å². The van der Waals surface area contributed by atoms with E-state index >= 15 is 0 Å². The summed E-state index contributed by atoms with van der Waals surface area (Å²) in [5.41, 5.74) is 22.0. The lowest BCUT2D eigenvalue weighted by Gasteiger charge is -2.61. The molecule has 0 amide bonds. The van der Waals surface area contributed by atoms with Crippen LogP contribution in [0, 0.1) is 23.7 Å². The van der Waals surface area contributed by atoms with Crippen LogP contribution >= 0.6 is 0 Å². The first-order chi connectivity index (χ1) is 32.9. The second kappa shape index (κ2) is 14.6. The molecule has 4 saturated carbocycles. The summed E-state index contributed by atoms with van der Waals surface area (Å²) in [5, 5.41) is 0. The van der Waals surface area contributed by atoms with Gasteiger partial charge >= 0.3 is 0 Å². The van der Waals surface area contributed by atoms with E-state index in [0.717, 1.165) is 34.1 Å². The highest BCUT2D eigenvalue weighted by Gasteiger charge is 2.62. The third kappa shape index (κ3) is 5.80. The predicted molar refractivity (Wildman–Crippen MR) is 273 cm³/mol. The Hall–Kier alpha value is -7.23. The summed E-state index contributed by atoms with van der Waals surface area (Å²) in [7, 11) is 0. The van der Waals surface area contributed by atoms with Crippen LogP contribution in [0.4, 0.5) is 0 Å². The van der Waals surface area contributed by atoms with Gasteiger partial charge in [-0.05, 0) is 140 Å². The van der Waals surface area contributed by atoms with Crippen molar-refractivity contribution in [2.45, 2.75) is 56.8 Å². The zero-order valence-corrected chi connectivity index (χ0v) is 38.1. The summed E-state index contributed by atoms with van der Waals surface area (Å²) in [5.74, 6) is 5.05. The number of hydrogen-bond acceptors (Lipinski definition) is 3. The molecular formula is C64H51N3. The van der Waals surface area contributed by atoms with Crippen molar-refractivity contribution in [3.63, 3.8) is 0 Å². The van der Waals surface area contributed by atoms with Gasteiger partial charge < -0.3 is 0 Å². The third-order valence-electron chi connectivity index (χ3n) is 16.9. The number of rotatable bonds is 6. The smallest absolute Gasteiger partial charge is 0.164 e. The Morgan fingerprint density at radius 1 is 0.328 bits per heavy atom. The Morgan fingerprint density at radius 3 is 1.31 bits per heavy atom. The molecule has 0 unspecified atom stereocenters. The lowest BCUT2D eigenvalue weighted by atomic mass is 9.42. The van der Waals surface area contributed by atoms with E-state index in [2.05, 4.69) is 196 Å². The molecular weight excluding hydrogens is 811 g/mol. The van der Waals surface area contributed by atoms with Crippen LogP contribution in [0.3, 0.4) is 0 Å². The molecule has 9 aromatic rings. The lowest BCUT2D eigenvalue weighted by molar-refractivity contribution is -0.0397. The molecule has 6 aliphatic rings. The van der Waals surface area contributed by atoms with Gasteiger partial charge in [0, 0.05) is 27.5 Å². The van der Waals surface area contributed by atoms with E-state index in [9.17, 15) is 0 Å². The number of hydrogen-bond donors (Lipinski definition) is 0. The van der Waals surface area contributed by atoms with Crippen LogP contribution < -0.4 is 0 Å². The highest BCUT2D eigenvalue weighted by molar-refractivity contribution is 5.95. The van der Waals surface area contributed by atoms with E-state index in [1.165, 1.54) is 98.9 Å². The zero-order valence-electron chi connectivity index (χ0n) is 38.1. The van der Waals surface area contributed by atoms with E-state index in [1.54, 1.807) is 5.56 Å². The Kier molecular flexibility index (Phi) is 8.51. The standard InChI is InChI=1S/C64H51N3/c1-63(2)56-22-10-9-17-50(56)51-18-11-19-52(58(51)63)53-20-12-21-54-55-38-47(31-32-57(55)64(59(53)54)48-34-39-33-40(36-48)37-49(64)35-39)62-66-60(45-15-7-4-8-16-45)65-61(67-62)46-29-27-44(28-30-46)43-25-23-42(24-26-43)41-13-5-3-6-14-41/h3-32,38-40,48-49H,33-37H2,1-2H3. The minimum atomic E-state index is -0.109. The Morgan fingerprint density at radius 2 is 0.731 bits per heavy atom. The van der Waals surface area contributed by atoms with Crippen LogP contribution in [0.5, 0.6) is 0 Å². The Bertz CT molecular complexity index is 3390. The van der Waals surface area contributed by atoms with E-state index in [4.69, 9.17) is 15.0 Å². The molecule has 3 nitrogen and oxygen atoms in total. The molecule has 4 fully saturated rings. The van der Waals surface area contributed by atoms with Gasteiger partial charge in [0.25, 0.3) is 0 Å². The molecule has 3 heteroatoms. The maximum absolute atomic E-state index is 5.32. The van der Waals surface area contributed by atoms with Crippen molar-refractivity contribution in [3.8, 4) is 89.8 Å². The fraction of sp³-hybridized carbons (Fsp3) is 0.203. The van der Waals surface area contributed by atoms with Gasteiger partial charge in [-0.25, -0.2) is 15.0 Å². The largest absolute Gasteiger partial charge is 0.208 e. The van der Waals surface area contributed by atoms with Gasteiger partial charge in [-0.1, -0.05) is 196 Å². The summed E-state index contributed by atoms with van der Waals surface area (Å²) in [6.45, 7) is 4.88. The normalized spacial score (nSPS) is 22.1. The number of nitrogens with zero attached hydrogens (tertiary/aromatic N) is 3. The highest BCUT2D eigenvalue weighted by atomic mass is 15.0. The van der Waals surface area contributed by atoms with Crippen molar-refractivity contribution in [3.05, 3.63) is 210 Å².